The predicted octanol–water partition coefficient (Wildman–Crippen LogP) is 2.86. The third-order valence-electron chi connectivity index (χ3n) is 3.27. The second-order valence-electron chi connectivity index (χ2n) is 5.47. The first-order valence-corrected chi connectivity index (χ1v) is 7.03. The molecule has 112 valence electrons. The van der Waals surface area contributed by atoms with E-state index in [1.54, 1.807) is 0 Å². The number of benzene rings is 1. The number of aromatic nitrogens is 2. The lowest BCUT2D eigenvalue weighted by atomic mass is 10.2. The minimum Gasteiger partial charge on any atom is -0.480 e. The average Bonchev–Trinajstić information content (AvgIpc) is 2.87. The van der Waals surface area contributed by atoms with Crippen molar-refractivity contribution in [2.45, 2.75) is 33.4 Å². The van der Waals surface area contributed by atoms with Gasteiger partial charge >= 0.3 is 5.97 Å². The van der Waals surface area contributed by atoms with E-state index in [-0.39, 0.29) is 6.54 Å². The van der Waals surface area contributed by atoms with Gasteiger partial charge in [-0.3, -0.25) is 9.48 Å². The van der Waals surface area contributed by atoms with Gasteiger partial charge in [0.2, 0.25) is 0 Å². The quantitative estimate of drug-likeness (QED) is 0.887. The fourth-order valence-electron chi connectivity index (χ4n) is 2.10. The summed E-state index contributed by atoms with van der Waals surface area (Å²) < 4.78 is 1.88. The molecule has 0 aliphatic rings. The number of carbonyl (C=O) groups is 1. The Hall–Kier alpha value is -2.30. The number of hydrogen-bond donors (Lipinski definition) is 1. The Balaban J connectivity index is 2.19. The van der Waals surface area contributed by atoms with Crippen LogP contribution in [0, 0.1) is 6.92 Å². The van der Waals surface area contributed by atoms with Crippen LogP contribution in [0.5, 0.6) is 0 Å². The van der Waals surface area contributed by atoms with Gasteiger partial charge in [0.15, 0.2) is 0 Å². The molecule has 5 heteroatoms. The summed E-state index contributed by atoms with van der Waals surface area (Å²) in [5, 5.41) is 13.6. The lowest BCUT2D eigenvalue weighted by molar-refractivity contribution is -0.135. The third kappa shape index (κ3) is 4.08. The number of carboxylic acids is 1. The molecule has 0 radical (unpaired) electrons. The summed E-state index contributed by atoms with van der Waals surface area (Å²) in [6.45, 7) is 6.57. The molecule has 0 saturated heterocycles. The Morgan fingerprint density at radius 2 is 1.95 bits per heavy atom. The number of aliphatic carboxylic acids is 1. The van der Waals surface area contributed by atoms with Crippen LogP contribution in [0.1, 0.15) is 31.1 Å². The van der Waals surface area contributed by atoms with Crippen LogP contribution in [-0.2, 0) is 11.3 Å². The second-order valence-corrected chi connectivity index (χ2v) is 5.47. The maximum Gasteiger partial charge on any atom is 0.323 e. The van der Waals surface area contributed by atoms with Gasteiger partial charge < -0.3 is 10.0 Å². The van der Waals surface area contributed by atoms with Gasteiger partial charge in [0.1, 0.15) is 6.54 Å². The van der Waals surface area contributed by atoms with Crippen molar-refractivity contribution < 1.29 is 9.90 Å². The highest BCUT2D eigenvalue weighted by molar-refractivity contribution is 5.73. The minimum absolute atomic E-state index is 0.0440. The molecule has 0 aliphatic carbocycles. The molecule has 0 saturated carbocycles. The number of anilines is 1. The first-order valence-electron chi connectivity index (χ1n) is 7.03. The van der Waals surface area contributed by atoms with Crippen LogP contribution < -0.4 is 4.90 Å². The van der Waals surface area contributed by atoms with E-state index in [4.69, 9.17) is 5.11 Å². The molecule has 21 heavy (non-hydrogen) atoms. The molecule has 0 atom stereocenters. The van der Waals surface area contributed by atoms with Crippen molar-refractivity contribution in [3.63, 3.8) is 0 Å². The monoisotopic (exact) mass is 287 g/mol. The van der Waals surface area contributed by atoms with Crippen molar-refractivity contribution in [1.82, 2.24) is 9.78 Å². The summed E-state index contributed by atoms with van der Waals surface area (Å²) in [5.74, 6) is -0.848. The standard InChI is InChI=1S/C16H21N3O2/c1-12(2)19-9-8-14(17-19)10-18(11-16(20)21)15-6-4-13(3)5-7-15/h4-9,12H,10-11H2,1-3H3,(H,20,21). The highest BCUT2D eigenvalue weighted by atomic mass is 16.4. The van der Waals surface area contributed by atoms with Crippen LogP contribution in [0.15, 0.2) is 36.5 Å². The van der Waals surface area contributed by atoms with Gasteiger partial charge in [-0.2, -0.15) is 5.10 Å². The Morgan fingerprint density at radius 3 is 2.48 bits per heavy atom. The van der Waals surface area contributed by atoms with Gasteiger partial charge in [0.05, 0.1) is 12.2 Å². The molecule has 5 nitrogen and oxygen atoms in total. The fourth-order valence-corrected chi connectivity index (χ4v) is 2.10. The summed E-state index contributed by atoms with van der Waals surface area (Å²) >= 11 is 0. The molecule has 2 aromatic rings. The molecule has 0 bridgehead atoms. The normalized spacial score (nSPS) is 10.9. The number of nitrogens with zero attached hydrogens (tertiary/aromatic N) is 3. The largest absolute Gasteiger partial charge is 0.480 e. The van der Waals surface area contributed by atoms with E-state index in [0.717, 1.165) is 16.9 Å². The maximum absolute atomic E-state index is 11.1. The minimum atomic E-state index is -0.848. The van der Waals surface area contributed by atoms with E-state index in [9.17, 15) is 4.79 Å². The van der Waals surface area contributed by atoms with Crippen LogP contribution in [0.2, 0.25) is 0 Å². The van der Waals surface area contributed by atoms with E-state index >= 15 is 0 Å². The van der Waals surface area contributed by atoms with Crippen molar-refractivity contribution in [2.75, 3.05) is 11.4 Å². The molecule has 0 fully saturated rings. The smallest absolute Gasteiger partial charge is 0.323 e. The molecule has 1 heterocycles. The summed E-state index contributed by atoms with van der Waals surface area (Å²) in [6, 6.07) is 10.1. The first kappa shape index (κ1) is 15.1. The summed E-state index contributed by atoms with van der Waals surface area (Å²) in [4.78, 5) is 12.9. The Labute approximate surface area is 124 Å². The van der Waals surface area contributed by atoms with Crippen LogP contribution >= 0.6 is 0 Å². The first-order chi connectivity index (χ1) is 9.95. The molecule has 0 unspecified atom stereocenters. The predicted molar refractivity (Wildman–Crippen MR) is 82.5 cm³/mol. The summed E-state index contributed by atoms with van der Waals surface area (Å²) in [6.07, 6.45) is 1.92. The maximum atomic E-state index is 11.1. The Kier molecular flexibility index (Phi) is 4.62. The lowest BCUT2D eigenvalue weighted by Crippen LogP contribution is -2.29. The fraction of sp³-hybridized carbons (Fsp3) is 0.375. The number of aryl methyl sites for hydroxylation is 1. The van der Waals surface area contributed by atoms with E-state index < -0.39 is 5.97 Å². The highest BCUT2D eigenvalue weighted by Gasteiger charge is 2.13. The van der Waals surface area contributed by atoms with E-state index in [0.29, 0.717) is 12.6 Å². The highest BCUT2D eigenvalue weighted by Crippen LogP contribution is 2.17. The zero-order valence-electron chi connectivity index (χ0n) is 12.7. The molecule has 1 aromatic carbocycles. The van der Waals surface area contributed by atoms with Crippen LogP contribution in [0.3, 0.4) is 0 Å². The second kappa shape index (κ2) is 6.43. The molecule has 0 spiro atoms. The van der Waals surface area contributed by atoms with Crippen LogP contribution in [-0.4, -0.2) is 27.4 Å². The van der Waals surface area contributed by atoms with Gasteiger partial charge in [-0.15, -0.1) is 0 Å². The lowest BCUT2D eigenvalue weighted by Gasteiger charge is -2.22. The van der Waals surface area contributed by atoms with Gasteiger partial charge in [-0.25, -0.2) is 0 Å². The van der Waals surface area contributed by atoms with Crippen molar-refractivity contribution in [3.05, 3.63) is 47.8 Å². The third-order valence-corrected chi connectivity index (χ3v) is 3.27. The van der Waals surface area contributed by atoms with E-state index in [2.05, 4.69) is 18.9 Å². The molecular weight excluding hydrogens is 266 g/mol. The number of rotatable bonds is 6. The molecule has 0 amide bonds. The molecule has 1 aromatic heterocycles. The number of hydrogen-bond acceptors (Lipinski definition) is 3. The summed E-state index contributed by atoms with van der Waals surface area (Å²) in [5.41, 5.74) is 2.91. The van der Waals surface area contributed by atoms with Crippen molar-refractivity contribution in [2.24, 2.45) is 0 Å². The summed E-state index contributed by atoms with van der Waals surface area (Å²) in [7, 11) is 0. The average molecular weight is 287 g/mol. The van der Waals surface area contributed by atoms with Gasteiger partial charge in [0, 0.05) is 17.9 Å². The van der Waals surface area contributed by atoms with Crippen LogP contribution in [0.4, 0.5) is 5.69 Å². The van der Waals surface area contributed by atoms with Gasteiger partial charge in [-0.1, -0.05) is 17.7 Å². The van der Waals surface area contributed by atoms with Crippen LogP contribution in [0.25, 0.3) is 0 Å². The van der Waals surface area contributed by atoms with Crippen molar-refractivity contribution >= 4 is 11.7 Å². The molecule has 0 aliphatic heterocycles. The van der Waals surface area contributed by atoms with Gasteiger partial charge in [0.25, 0.3) is 0 Å². The van der Waals surface area contributed by atoms with Crippen molar-refractivity contribution in [3.8, 4) is 0 Å². The molecule has 1 N–H and O–H groups in total. The molecular formula is C16H21N3O2. The van der Waals surface area contributed by atoms with Gasteiger partial charge in [-0.05, 0) is 39.0 Å². The van der Waals surface area contributed by atoms with E-state index in [1.165, 1.54) is 0 Å². The molecule has 2 rings (SSSR count). The van der Waals surface area contributed by atoms with Crippen molar-refractivity contribution in [1.29, 1.82) is 0 Å². The Morgan fingerprint density at radius 1 is 1.29 bits per heavy atom. The number of carboxylic acid groups (broad SMARTS) is 1. The Bertz CT molecular complexity index is 602. The zero-order chi connectivity index (χ0) is 15.4. The SMILES string of the molecule is Cc1ccc(N(CC(=O)O)Cc2ccn(C(C)C)n2)cc1. The van der Waals surface area contributed by atoms with E-state index in [1.807, 2.05) is 53.0 Å². The topological polar surface area (TPSA) is 58.4 Å². The zero-order valence-corrected chi connectivity index (χ0v) is 12.7.